The first-order valence-corrected chi connectivity index (χ1v) is 6.18. The van der Waals surface area contributed by atoms with Gasteiger partial charge >= 0.3 is 0 Å². The SMILES string of the molecule is O=CNc1ncn(Cc2ccccc2)c1C1NNNN1. The minimum atomic E-state index is -0.205. The Morgan fingerprint density at radius 2 is 2.00 bits per heavy atom. The van der Waals surface area contributed by atoms with Crippen LogP contribution in [0.2, 0.25) is 0 Å². The lowest BCUT2D eigenvalue weighted by molar-refractivity contribution is -0.105. The van der Waals surface area contributed by atoms with Gasteiger partial charge in [-0.15, -0.1) is 0 Å². The van der Waals surface area contributed by atoms with E-state index >= 15 is 0 Å². The van der Waals surface area contributed by atoms with Crippen molar-refractivity contribution in [2.75, 3.05) is 5.32 Å². The van der Waals surface area contributed by atoms with Crippen molar-refractivity contribution in [3.63, 3.8) is 0 Å². The highest BCUT2D eigenvalue weighted by Gasteiger charge is 2.23. The van der Waals surface area contributed by atoms with Gasteiger partial charge in [-0.2, -0.15) is 11.1 Å². The second-order valence-corrected chi connectivity index (χ2v) is 4.33. The average molecular weight is 273 g/mol. The first-order valence-electron chi connectivity index (χ1n) is 6.18. The molecule has 0 aliphatic carbocycles. The summed E-state index contributed by atoms with van der Waals surface area (Å²) < 4.78 is 1.97. The molecule has 104 valence electrons. The molecule has 2 heterocycles. The first-order chi connectivity index (χ1) is 9.88. The van der Waals surface area contributed by atoms with Gasteiger partial charge in [0.05, 0.1) is 12.0 Å². The number of anilines is 1. The second-order valence-electron chi connectivity index (χ2n) is 4.33. The molecule has 1 aromatic carbocycles. The van der Waals surface area contributed by atoms with Gasteiger partial charge in [0.2, 0.25) is 6.41 Å². The number of nitrogens with one attached hydrogen (secondary N) is 5. The summed E-state index contributed by atoms with van der Waals surface area (Å²) in [5.74, 6) is 0.520. The summed E-state index contributed by atoms with van der Waals surface area (Å²) in [7, 11) is 0. The van der Waals surface area contributed by atoms with Gasteiger partial charge in [0.25, 0.3) is 0 Å². The number of benzene rings is 1. The Bertz CT molecular complexity index is 577. The smallest absolute Gasteiger partial charge is 0.212 e. The van der Waals surface area contributed by atoms with E-state index in [1.165, 1.54) is 0 Å². The summed E-state index contributed by atoms with van der Waals surface area (Å²) in [4.78, 5) is 14.9. The van der Waals surface area contributed by atoms with Gasteiger partial charge in [-0.1, -0.05) is 30.3 Å². The fourth-order valence-corrected chi connectivity index (χ4v) is 2.16. The maximum Gasteiger partial charge on any atom is 0.212 e. The van der Waals surface area contributed by atoms with Gasteiger partial charge in [0.15, 0.2) is 5.82 Å². The van der Waals surface area contributed by atoms with E-state index in [1.54, 1.807) is 6.33 Å². The summed E-state index contributed by atoms with van der Waals surface area (Å²) >= 11 is 0. The van der Waals surface area contributed by atoms with Crippen molar-refractivity contribution in [2.24, 2.45) is 0 Å². The third-order valence-corrected chi connectivity index (χ3v) is 3.04. The number of nitrogens with zero attached hydrogens (tertiary/aromatic N) is 2. The molecule has 3 rings (SSSR count). The highest BCUT2D eigenvalue weighted by atomic mass is 16.1. The molecule has 1 amide bonds. The van der Waals surface area contributed by atoms with Crippen LogP contribution in [-0.2, 0) is 11.3 Å². The predicted molar refractivity (Wildman–Crippen MR) is 72.7 cm³/mol. The Morgan fingerprint density at radius 1 is 1.25 bits per heavy atom. The fraction of sp³-hybridized carbons (Fsp3) is 0.167. The van der Waals surface area contributed by atoms with Crippen molar-refractivity contribution < 1.29 is 4.79 Å². The predicted octanol–water partition coefficient (Wildman–Crippen LogP) is -0.385. The Balaban J connectivity index is 1.91. The zero-order valence-electron chi connectivity index (χ0n) is 10.6. The van der Waals surface area contributed by atoms with Crippen LogP contribution in [0.15, 0.2) is 36.7 Å². The van der Waals surface area contributed by atoms with Crippen LogP contribution in [0.1, 0.15) is 17.4 Å². The van der Waals surface area contributed by atoms with Crippen molar-refractivity contribution in [3.05, 3.63) is 47.9 Å². The van der Waals surface area contributed by atoms with Crippen molar-refractivity contribution in [1.29, 1.82) is 0 Å². The summed E-state index contributed by atoms with van der Waals surface area (Å²) in [5, 5.41) is 2.61. The molecule has 1 aromatic heterocycles. The van der Waals surface area contributed by atoms with E-state index in [9.17, 15) is 4.79 Å². The van der Waals surface area contributed by atoms with E-state index in [1.807, 2.05) is 34.9 Å². The summed E-state index contributed by atoms with van der Waals surface area (Å²) in [5.41, 5.74) is 13.5. The largest absolute Gasteiger partial charge is 0.326 e. The molecule has 2 aromatic rings. The molecule has 0 saturated carbocycles. The van der Waals surface area contributed by atoms with E-state index in [0.717, 1.165) is 11.3 Å². The van der Waals surface area contributed by atoms with Gasteiger partial charge in [0, 0.05) is 6.54 Å². The third kappa shape index (κ3) is 2.53. The molecule has 0 spiro atoms. The highest BCUT2D eigenvalue weighted by molar-refractivity contribution is 5.70. The number of carbonyl (C=O) groups excluding carboxylic acids is 1. The molecule has 1 aliphatic rings. The van der Waals surface area contributed by atoms with Crippen LogP contribution in [0.25, 0.3) is 0 Å². The van der Waals surface area contributed by atoms with Crippen molar-refractivity contribution in [1.82, 2.24) is 31.5 Å². The van der Waals surface area contributed by atoms with Crippen LogP contribution >= 0.6 is 0 Å². The first kappa shape index (κ1) is 12.8. The van der Waals surface area contributed by atoms with Crippen molar-refractivity contribution in [3.8, 4) is 0 Å². The molecule has 1 fully saturated rings. The van der Waals surface area contributed by atoms with E-state index in [4.69, 9.17) is 0 Å². The van der Waals surface area contributed by atoms with E-state index in [-0.39, 0.29) is 6.17 Å². The summed E-state index contributed by atoms with van der Waals surface area (Å²) in [6, 6.07) is 10.0. The van der Waals surface area contributed by atoms with Crippen LogP contribution in [0.4, 0.5) is 5.82 Å². The Kier molecular flexibility index (Phi) is 3.70. The number of hydrogen-bond acceptors (Lipinski definition) is 6. The highest BCUT2D eigenvalue weighted by Crippen LogP contribution is 2.21. The Labute approximate surface area is 115 Å². The van der Waals surface area contributed by atoms with Gasteiger partial charge in [-0.25, -0.2) is 15.8 Å². The molecule has 8 heteroatoms. The average Bonchev–Trinajstić information content (AvgIpc) is 3.10. The molecule has 0 bridgehead atoms. The molecule has 0 atom stereocenters. The van der Waals surface area contributed by atoms with Crippen LogP contribution < -0.4 is 27.2 Å². The van der Waals surface area contributed by atoms with Crippen LogP contribution in [0.3, 0.4) is 0 Å². The minimum absolute atomic E-state index is 0.205. The minimum Gasteiger partial charge on any atom is -0.326 e. The van der Waals surface area contributed by atoms with Gasteiger partial charge in [-0.3, -0.25) is 4.79 Å². The number of carbonyl (C=O) groups is 1. The van der Waals surface area contributed by atoms with Crippen LogP contribution in [-0.4, -0.2) is 16.0 Å². The zero-order valence-corrected chi connectivity index (χ0v) is 10.6. The zero-order chi connectivity index (χ0) is 13.8. The molecular formula is C12H15N7O. The lowest BCUT2D eigenvalue weighted by Crippen LogP contribution is -2.33. The Hall–Kier alpha value is -2.26. The maximum atomic E-state index is 10.7. The monoisotopic (exact) mass is 273 g/mol. The fourth-order valence-electron chi connectivity index (χ4n) is 2.16. The second kappa shape index (κ2) is 5.80. The number of rotatable bonds is 5. The molecular weight excluding hydrogens is 258 g/mol. The number of imidazole rings is 1. The van der Waals surface area contributed by atoms with Gasteiger partial charge in [-0.05, 0) is 5.56 Å². The molecule has 1 aliphatic heterocycles. The molecule has 20 heavy (non-hydrogen) atoms. The lowest BCUT2D eigenvalue weighted by atomic mass is 10.2. The van der Waals surface area contributed by atoms with Gasteiger partial charge < -0.3 is 9.88 Å². The lowest BCUT2D eigenvalue weighted by Gasteiger charge is -2.14. The number of hydrazine groups is 3. The topological polar surface area (TPSA) is 95.0 Å². The third-order valence-electron chi connectivity index (χ3n) is 3.04. The maximum absolute atomic E-state index is 10.7. The summed E-state index contributed by atoms with van der Waals surface area (Å²) in [6.07, 6.45) is 2.12. The molecule has 0 radical (unpaired) electrons. The van der Waals surface area contributed by atoms with Crippen molar-refractivity contribution >= 4 is 12.2 Å². The quantitative estimate of drug-likeness (QED) is 0.477. The number of amides is 1. The number of aromatic nitrogens is 2. The molecule has 8 nitrogen and oxygen atoms in total. The molecule has 5 N–H and O–H groups in total. The van der Waals surface area contributed by atoms with Crippen molar-refractivity contribution in [2.45, 2.75) is 12.7 Å². The van der Waals surface area contributed by atoms with E-state index in [2.05, 4.69) is 32.2 Å². The number of hydrogen-bond donors (Lipinski definition) is 5. The van der Waals surface area contributed by atoms with Gasteiger partial charge in [0.1, 0.15) is 6.17 Å². The molecule has 0 unspecified atom stereocenters. The van der Waals surface area contributed by atoms with Crippen LogP contribution in [0, 0.1) is 0 Å². The van der Waals surface area contributed by atoms with Crippen LogP contribution in [0.5, 0.6) is 0 Å². The van der Waals surface area contributed by atoms with E-state index in [0.29, 0.717) is 18.8 Å². The molecule has 1 saturated heterocycles. The summed E-state index contributed by atoms with van der Waals surface area (Å²) in [6.45, 7) is 0.670. The normalized spacial score (nSPS) is 15.4. The van der Waals surface area contributed by atoms with E-state index < -0.39 is 0 Å². The standard InChI is InChI=1S/C12H15N7O/c20-8-14-11-10(12-15-17-18-16-12)19(7-13-11)6-9-4-2-1-3-5-9/h1-5,7-8,12,15-18H,6H2,(H,14,20). The Morgan fingerprint density at radius 3 is 2.70 bits per heavy atom.